The summed E-state index contributed by atoms with van der Waals surface area (Å²) in [6, 6.07) is 8.68. The molecular weight excluding hydrogens is 250 g/mol. The molecule has 1 atom stereocenters. The van der Waals surface area contributed by atoms with Gasteiger partial charge in [0.15, 0.2) is 0 Å². The summed E-state index contributed by atoms with van der Waals surface area (Å²) < 4.78 is 1.83. The minimum absolute atomic E-state index is 0.120. The van der Waals surface area contributed by atoms with Gasteiger partial charge < -0.3 is 10.2 Å². The molecule has 5 nitrogen and oxygen atoms in total. The standard InChI is InChI=1S/C15H23N5/c1-5-9-16-15(14-11-17-18-20(14)4)12-7-6-8-13(10-12)19(2)3/h6-8,10-11,15-16H,5,9H2,1-4H3. The first-order valence-electron chi connectivity index (χ1n) is 6.98. The SMILES string of the molecule is CCCNC(c1cccc(N(C)C)c1)c1cnnn1C. The van der Waals surface area contributed by atoms with Crippen LogP contribution in [0.25, 0.3) is 0 Å². The number of aromatic nitrogens is 3. The second-order valence-corrected chi connectivity index (χ2v) is 5.16. The van der Waals surface area contributed by atoms with E-state index < -0.39 is 0 Å². The summed E-state index contributed by atoms with van der Waals surface area (Å²) in [6.45, 7) is 3.13. The van der Waals surface area contributed by atoms with E-state index in [2.05, 4.69) is 65.8 Å². The molecule has 2 aromatic rings. The number of hydrogen-bond donors (Lipinski definition) is 1. The third-order valence-electron chi connectivity index (χ3n) is 3.36. The van der Waals surface area contributed by atoms with Gasteiger partial charge in [-0.25, -0.2) is 0 Å². The molecule has 1 N–H and O–H groups in total. The predicted octanol–water partition coefficient (Wildman–Crippen LogP) is 1.97. The van der Waals surface area contributed by atoms with E-state index in [0.717, 1.165) is 18.7 Å². The topological polar surface area (TPSA) is 46.0 Å². The van der Waals surface area contributed by atoms with Gasteiger partial charge in [-0.3, -0.25) is 4.68 Å². The molecule has 0 bridgehead atoms. The van der Waals surface area contributed by atoms with Gasteiger partial charge in [-0.1, -0.05) is 24.3 Å². The van der Waals surface area contributed by atoms with Crippen molar-refractivity contribution in [2.75, 3.05) is 25.5 Å². The Morgan fingerprint density at radius 1 is 1.35 bits per heavy atom. The molecule has 0 aliphatic rings. The summed E-state index contributed by atoms with van der Waals surface area (Å²) in [7, 11) is 6.04. The van der Waals surface area contributed by atoms with E-state index in [-0.39, 0.29) is 6.04 Å². The maximum atomic E-state index is 4.04. The van der Waals surface area contributed by atoms with Crippen LogP contribution in [-0.4, -0.2) is 35.6 Å². The lowest BCUT2D eigenvalue weighted by Crippen LogP contribution is -2.25. The summed E-state index contributed by atoms with van der Waals surface area (Å²) in [5.41, 5.74) is 3.50. The number of rotatable bonds is 6. The average Bonchev–Trinajstić information content (AvgIpc) is 2.86. The van der Waals surface area contributed by atoms with Gasteiger partial charge in [0.05, 0.1) is 17.9 Å². The van der Waals surface area contributed by atoms with Crippen molar-refractivity contribution < 1.29 is 0 Å². The van der Waals surface area contributed by atoms with Gasteiger partial charge in [0.1, 0.15) is 0 Å². The van der Waals surface area contributed by atoms with E-state index in [1.807, 2.05) is 17.9 Å². The lowest BCUT2D eigenvalue weighted by Gasteiger charge is -2.21. The van der Waals surface area contributed by atoms with Crippen LogP contribution < -0.4 is 10.2 Å². The van der Waals surface area contributed by atoms with E-state index in [0.29, 0.717) is 0 Å². The van der Waals surface area contributed by atoms with Crippen LogP contribution in [0.3, 0.4) is 0 Å². The van der Waals surface area contributed by atoms with Crippen LogP contribution >= 0.6 is 0 Å². The molecule has 5 heteroatoms. The Bertz CT molecular complexity index is 547. The van der Waals surface area contributed by atoms with Crippen molar-refractivity contribution in [3.8, 4) is 0 Å². The Hall–Kier alpha value is -1.88. The van der Waals surface area contributed by atoms with Crippen LogP contribution in [0.2, 0.25) is 0 Å². The Balaban J connectivity index is 2.36. The van der Waals surface area contributed by atoms with Crippen molar-refractivity contribution >= 4 is 5.69 Å². The van der Waals surface area contributed by atoms with E-state index in [1.54, 1.807) is 0 Å². The van der Waals surface area contributed by atoms with Crippen LogP contribution in [0, 0.1) is 0 Å². The van der Waals surface area contributed by atoms with E-state index in [1.165, 1.54) is 11.3 Å². The maximum Gasteiger partial charge on any atom is 0.0798 e. The van der Waals surface area contributed by atoms with Crippen molar-refractivity contribution in [2.45, 2.75) is 19.4 Å². The highest BCUT2D eigenvalue weighted by Crippen LogP contribution is 2.24. The Morgan fingerprint density at radius 3 is 2.75 bits per heavy atom. The fraction of sp³-hybridized carbons (Fsp3) is 0.467. The van der Waals surface area contributed by atoms with Gasteiger partial charge in [-0.2, -0.15) is 0 Å². The lowest BCUT2D eigenvalue weighted by molar-refractivity contribution is 0.550. The predicted molar refractivity (Wildman–Crippen MR) is 81.9 cm³/mol. The largest absolute Gasteiger partial charge is 0.378 e. The minimum atomic E-state index is 0.120. The van der Waals surface area contributed by atoms with Gasteiger partial charge in [0, 0.05) is 26.8 Å². The molecule has 1 aromatic heterocycles. The molecule has 1 unspecified atom stereocenters. The fourth-order valence-electron chi connectivity index (χ4n) is 2.22. The molecule has 1 heterocycles. The number of nitrogens with zero attached hydrogens (tertiary/aromatic N) is 4. The van der Waals surface area contributed by atoms with E-state index >= 15 is 0 Å². The molecule has 0 radical (unpaired) electrons. The molecule has 2 rings (SSSR count). The van der Waals surface area contributed by atoms with Crippen molar-refractivity contribution in [3.63, 3.8) is 0 Å². The molecule has 1 aromatic carbocycles. The quantitative estimate of drug-likeness (QED) is 0.874. The first-order chi connectivity index (χ1) is 9.63. The minimum Gasteiger partial charge on any atom is -0.378 e. The Labute approximate surface area is 120 Å². The highest BCUT2D eigenvalue weighted by Gasteiger charge is 2.17. The van der Waals surface area contributed by atoms with Gasteiger partial charge in [-0.15, -0.1) is 5.10 Å². The molecule has 20 heavy (non-hydrogen) atoms. The normalized spacial score (nSPS) is 12.4. The third-order valence-corrected chi connectivity index (χ3v) is 3.36. The molecule has 0 saturated heterocycles. The molecular formula is C15H23N5. The molecule has 0 fully saturated rings. The second kappa shape index (κ2) is 6.52. The number of nitrogens with one attached hydrogen (secondary N) is 1. The Morgan fingerprint density at radius 2 is 2.15 bits per heavy atom. The summed E-state index contributed by atoms with van der Waals surface area (Å²) in [4.78, 5) is 2.11. The zero-order valence-corrected chi connectivity index (χ0v) is 12.7. The first-order valence-corrected chi connectivity index (χ1v) is 6.98. The van der Waals surface area contributed by atoms with Crippen LogP contribution in [0.1, 0.15) is 30.6 Å². The van der Waals surface area contributed by atoms with E-state index in [9.17, 15) is 0 Å². The molecule has 108 valence electrons. The van der Waals surface area contributed by atoms with Gasteiger partial charge >= 0.3 is 0 Å². The fourth-order valence-corrected chi connectivity index (χ4v) is 2.22. The molecule has 0 amide bonds. The third kappa shape index (κ3) is 3.17. The monoisotopic (exact) mass is 273 g/mol. The molecule has 0 aliphatic carbocycles. The van der Waals surface area contributed by atoms with Crippen molar-refractivity contribution in [3.05, 3.63) is 41.7 Å². The summed E-state index contributed by atoms with van der Waals surface area (Å²) >= 11 is 0. The first kappa shape index (κ1) is 14.5. The number of anilines is 1. The van der Waals surface area contributed by atoms with Crippen LogP contribution in [0.15, 0.2) is 30.5 Å². The second-order valence-electron chi connectivity index (χ2n) is 5.16. The van der Waals surface area contributed by atoms with Crippen LogP contribution in [0.5, 0.6) is 0 Å². The molecule has 0 spiro atoms. The van der Waals surface area contributed by atoms with Gasteiger partial charge in [0.2, 0.25) is 0 Å². The van der Waals surface area contributed by atoms with Crippen LogP contribution in [-0.2, 0) is 7.05 Å². The lowest BCUT2D eigenvalue weighted by atomic mass is 10.0. The highest BCUT2D eigenvalue weighted by molar-refractivity contribution is 5.48. The Kier molecular flexibility index (Phi) is 4.74. The average molecular weight is 273 g/mol. The van der Waals surface area contributed by atoms with Crippen molar-refractivity contribution in [1.82, 2.24) is 20.3 Å². The summed E-state index contributed by atoms with van der Waals surface area (Å²) in [6.07, 6.45) is 2.92. The van der Waals surface area contributed by atoms with Crippen molar-refractivity contribution in [1.29, 1.82) is 0 Å². The number of aryl methyl sites for hydroxylation is 1. The zero-order chi connectivity index (χ0) is 14.5. The van der Waals surface area contributed by atoms with Gasteiger partial charge in [-0.05, 0) is 30.7 Å². The molecule has 0 saturated carbocycles. The smallest absolute Gasteiger partial charge is 0.0798 e. The van der Waals surface area contributed by atoms with Crippen LogP contribution in [0.4, 0.5) is 5.69 Å². The van der Waals surface area contributed by atoms with Crippen molar-refractivity contribution in [2.24, 2.45) is 7.05 Å². The summed E-state index contributed by atoms with van der Waals surface area (Å²) in [5.74, 6) is 0. The highest BCUT2D eigenvalue weighted by atomic mass is 15.4. The van der Waals surface area contributed by atoms with Gasteiger partial charge in [0.25, 0.3) is 0 Å². The summed E-state index contributed by atoms with van der Waals surface area (Å²) in [5, 5.41) is 11.6. The number of hydrogen-bond acceptors (Lipinski definition) is 4. The zero-order valence-electron chi connectivity index (χ0n) is 12.7. The number of benzene rings is 1. The van der Waals surface area contributed by atoms with E-state index in [4.69, 9.17) is 0 Å². The maximum absolute atomic E-state index is 4.04. The molecule has 0 aliphatic heterocycles.